The van der Waals surface area contributed by atoms with E-state index in [9.17, 15) is 0 Å². The first kappa shape index (κ1) is 35.1. The lowest BCUT2D eigenvalue weighted by Gasteiger charge is -2.26. The minimum atomic E-state index is 0.547. The molecule has 0 radical (unpaired) electrons. The standard InChI is InChI=1S/C55H34N4OS/c1-4-15-37(16-5-1)53-56-54(38-17-6-2-7-18-38)58-55(57-53)48-33-39(32-47-45-30-26-36-14-10-11-21-43(36)51(45)60-52(47)48)35-24-27-41(28-25-35)59(40-19-8-3-9-20-40)42-29-31-50-46(34-42)44-22-12-13-23-49(44)61-50/h1-34H. The Hall–Kier alpha value is -7.93. The van der Waals surface area contributed by atoms with E-state index >= 15 is 0 Å². The van der Waals surface area contributed by atoms with Gasteiger partial charge in [-0.3, -0.25) is 0 Å². The van der Waals surface area contributed by atoms with Crippen molar-refractivity contribution in [2.24, 2.45) is 0 Å². The van der Waals surface area contributed by atoms with E-state index in [1.165, 1.54) is 20.2 Å². The summed E-state index contributed by atoms with van der Waals surface area (Å²) in [4.78, 5) is 17.7. The van der Waals surface area contributed by atoms with Crippen LogP contribution >= 0.6 is 11.3 Å². The van der Waals surface area contributed by atoms with Gasteiger partial charge in [0, 0.05) is 64.5 Å². The largest absolute Gasteiger partial charge is 0.455 e. The second kappa shape index (κ2) is 14.4. The number of hydrogen-bond acceptors (Lipinski definition) is 6. The number of aromatic nitrogens is 3. The van der Waals surface area contributed by atoms with E-state index < -0.39 is 0 Å². The Labute approximate surface area is 355 Å². The van der Waals surface area contributed by atoms with Gasteiger partial charge < -0.3 is 9.32 Å². The maximum absolute atomic E-state index is 6.93. The first-order chi connectivity index (χ1) is 30.2. The number of anilines is 3. The van der Waals surface area contributed by atoms with Crippen molar-refractivity contribution in [2.45, 2.75) is 0 Å². The maximum atomic E-state index is 6.93. The lowest BCUT2D eigenvalue weighted by molar-refractivity contribution is 0.673. The van der Waals surface area contributed by atoms with Crippen LogP contribution in [0.3, 0.4) is 0 Å². The molecular formula is C55H34N4OS. The van der Waals surface area contributed by atoms with E-state index in [0.717, 1.165) is 77.6 Å². The first-order valence-corrected chi connectivity index (χ1v) is 21.2. The van der Waals surface area contributed by atoms with Gasteiger partial charge in [0.2, 0.25) is 0 Å². The molecule has 0 atom stereocenters. The average Bonchev–Trinajstić information content (AvgIpc) is 3.91. The van der Waals surface area contributed by atoms with Crippen molar-refractivity contribution in [2.75, 3.05) is 4.90 Å². The first-order valence-electron chi connectivity index (χ1n) is 20.3. The van der Waals surface area contributed by atoms with Crippen LogP contribution in [-0.2, 0) is 0 Å². The zero-order valence-corrected chi connectivity index (χ0v) is 33.6. The summed E-state index contributed by atoms with van der Waals surface area (Å²) in [5.41, 5.74) is 9.57. The van der Waals surface area contributed by atoms with Crippen molar-refractivity contribution in [1.82, 2.24) is 15.0 Å². The molecule has 61 heavy (non-hydrogen) atoms. The summed E-state index contributed by atoms with van der Waals surface area (Å²) in [5.74, 6) is 1.75. The van der Waals surface area contributed by atoms with Gasteiger partial charge in [-0.15, -0.1) is 11.3 Å². The van der Waals surface area contributed by atoms with Gasteiger partial charge in [0.15, 0.2) is 17.5 Å². The zero-order valence-electron chi connectivity index (χ0n) is 32.7. The topological polar surface area (TPSA) is 55.1 Å². The average molecular weight is 799 g/mol. The third-order valence-corrected chi connectivity index (χ3v) is 12.6. The molecule has 12 aromatic rings. The highest BCUT2D eigenvalue weighted by Gasteiger charge is 2.21. The van der Waals surface area contributed by atoms with Crippen molar-refractivity contribution in [3.05, 3.63) is 206 Å². The van der Waals surface area contributed by atoms with Crippen molar-refractivity contribution in [3.8, 4) is 45.3 Å². The van der Waals surface area contributed by atoms with Crippen molar-refractivity contribution in [1.29, 1.82) is 0 Å². The summed E-state index contributed by atoms with van der Waals surface area (Å²) in [6, 6.07) is 72.2. The van der Waals surface area contributed by atoms with E-state index in [0.29, 0.717) is 17.5 Å². The molecule has 0 spiro atoms. The summed E-state index contributed by atoms with van der Waals surface area (Å²) < 4.78 is 9.50. The fourth-order valence-corrected chi connectivity index (χ4v) is 9.63. The quantitative estimate of drug-likeness (QED) is 0.161. The number of thiophene rings is 1. The van der Waals surface area contributed by atoms with Crippen LogP contribution in [0.1, 0.15) is 0 Å². The van der Waals surface area contributed by atoms with Gasteiger partial charge >= 0.3 is 0 Å². The second-order valence-electron chi connectivity index (χ2n) is 15.2. The zero-order chi connectivity index (χ0) is 40.3. The minimum absolute atomic E-state index is 0.547. The molecule has 3 aromatic heterocycles. The van der Waals surface area contributed by atoms with Gasteiger partial charge in [0.05, 0.1) is 5.56 Å². The molecule has 0 aliphatic heterocycles. The molecule has 0 N–H and O–H groups in total. The van der Waals surface area contributed by atoms with Crippen LogP contribution in [0, 0.1) is 0 Å². The van der Waals surface area contributed by atoms with Gasteiger partial charge in [-0.1, -0.05) is 140 Å². The van der Waals surface area contributed by atoms with Crippen LogP contribution < -0.4 is 4.90 Å². The Kier molecular flexibility index (Phi) is 8.28. The van der Waals surface area contributed by atoms with Crippen molar-refractivity contribution < 1.29 is 4.42 Å². The lowest BCUT2D eigenvalue weighted by Crippen LogP contribution is -2.09. The van der Waals surface area contributed by atoms with E-state index in [1.807, 2.05) is 72.0 Å². The summed E-state index contributed by atoms with van der Waals surface area (Å²) in [7, 11) is 0. The normalized spacial score (nSPS) is 11.6. The number of hydrogen-bond donors (Lipinski definition) is 0. The molecular weight excluding hydrogens is 765 g/mol. The Morgan fingerprint density at radius 1 is 0.344 bits per heavy atom. The number of rotatable bonds is 7. The smallest absolute Gasteiger partial charge is 0.167 e. The van der Waals surface area contributed by atoms with Crippen LogP contribution in [-0.4, -0.2) is 15.0 Å². The van der Waals surface area contributed by atoms with Gasteiger partial charge in [-0.25, -0.2) is 15.0 Å². The van der Waals surface area contributed by atoms with Crippen LogP contribution in [0.2, 0.25) is 0 Å². The van der Waals surface area contributed by atoms with Gasteiger partial charge in [0.1, 0.15) is 11.2 Å². The summed E-state index contributed by atoms with van der Waals surface area (Å²) in [6.45, 7) is 0. The van der Waals surface area contributed by atoms with Crippen LogP contribution in [0.25, 0.3) is 98.2 Å². The molecule has 12 rings (SSSR count). The predicted octanol–water partition coefficient (Wildman–Crippen LogP) is 15.4. The molecule has 0 bridgehead atoms. The Morgan fingerprint density at radius 3 is 1.67 bits per heavy atom. The lowest BCUT2D eigenvalue weighted by atomic mass is 9.97. The highest BCUT2D eigenvalue weighted by Crippen LogP contribution is 2.44. The Morgan fingerprint density at radius 2 is 0.934 bits per heavy atom. The maximum Gasteiger partial charge on any atom is 0.167 e. The molecule has 0 aliphatic carbocycles. The summed E-state index contributed by atoms with van der Waals surface area (Å²) in [5, 5.41) is 6.78. The minimum Gasteiger partial charge on any atom is -0.455 e. The fourth-order valence-electron chi connectivity index (χ4n) is 8.55. The molecule has 0 fully saturated rings. The molecule has 0 aliphatic rings. The van der Waals surface area contributed by atoms with E-state index in [4.69, 9.17) is 19.4 Å². The SMILES string of the molecule is c1ccc(-c2nc(-c3ccccc3)nc(-c3cc(-c4ccc(N(c5ccccc5)c5ccc6sc7ccccc7c6c5)cc4)cc4c3oc3c5ccccc5ccc43)n2)cc1. The molecule has 0 unspecified atom stereocenters. The van der Waals surface area contributed by atoms with E-state index in [-0.39, 0.29) is 0 Å². The molecule has 3 heterocycles. The second-order valence-corrected chi connectivity index (χ2v) is 16.3. The third-order valence-electron chi connectivity index (χ3n) is 11.5. The van der Waals surface area contributed by atoms with Gasteiger partial charge in [0.25, 0.3) is 0 Å². The molecule has 286 valence electrons. The molecule has 9 aromatic carbocycles. The number of para-hydroxylation sites is 1. The summed E-state index contributed by atoms with van der Waals surface area (Å²) in [6.07, 6.45) is 0. The monoisotopic (exact) mass is 798 g/mol. The van der Waals surface area contributed by atoms with Gasteiger partial charge in [-0.05, 0) is 83.2 Å². The van der Waals surface area contributed by atoms with Crippen molar-refractivity contribution in [3.63, 3.8) is 0 Å². The highest BCUT2D eigenvalue weighted by molar-refractivity contribution is 7.25. The van der Waals surface area contributed by atoms with E-state index in [1.54, 1.807) is 0 Å². The Balaban J connectivity index is 1.05. The predicted molar refractivity (Wildman–Crippen MR) is 254 cm³/mol. The fraction of sp³-hybridized carbons (Fsp3) is 0. The van der Waals surface area contributed by atoms with E-state index in [2.05, 4.69) is 150 Å². The molecule has 0 amide bonds. The van der Waals surface area contributed by atoms with Crippen LogP contribution in [0.4, 0.5) is 17.1 Å². The number of fused-ring (bicyclic) bond motifs is 8. The molecule has 0 saturated carbocycles. The van der Waals surface area contributed by atoms with Crippen LogP contribution in [0.5, 0.6) is 0 Å². The van der Waals surface area contributed by atoms with Crippen molar-refractivity contribution >= 4 is 81.3 Å². The molecule has 5 nitrogen and oxygen atoms in total. The number of furan rings is 1. The Bertz CT molecular complexity index is 3520. The summed E-state index contributed by atoms with van der Waals surface area (Å²) >= 11 is 1.84. The molecule has 0 saturated heterocycles. The highest BCUT2D eigenvalue weighted by atomic mass is 32.1. The molecule has 6 heteroatoms. The third kappa shape index (κ3) is 6.12. The number of nitrogens with zero attached hydrogens (tertiary/aromatic N) is 4. The number of benzene rings is 9. The van der Waals surface area contributed by atoms with Crippen LogP contribution in [0.15, 0.2) is 211 Å². The van der Waals surface area contributed by atoms with Gasteiger partial charge in [-0.2, -0.15) is 0 Å².